The van der Waals surface area contributed by atoms with E-state index in [2.05, 4.69) is 0 Å². The monoisotopic (exact) mass is 540 g/mol. The standard InChI is InChI=1S/C26H36O12/c1-15(27)34-14-22-23(35-16(2)28)24(36-17(3)29)25(37-18(4)30)26(31,38-22)12-8-7-9-19-10-11-20(32-5)21(13-19)33-6/h10-11,13,22-25,31H,7-9,12,14H2,1-6H3/t22-,23-,24+,25-,26-/m1/s1. The fraction of sp³-hybridized carbons (Fsp3) is 0.615. The van der Waals surface area contributed by atoms with Gasteiger partial charge in [-0.1, -0.05) is 6.07 Å². The summed E-state index contributed by atoms with van der Waals surface area (Å²) in [6.07, 6.45) is -3.92. The highest BCUT2D eigenvalue weighted by molar-refractivity contribution is 5.68. The smallest absolute Gasteiger partial charge is 0.303 e. The average Bonchev–Trinajstić information content (AvgIpc) is 2.84. The zero-order valence-electron chi connectivity index (χ0n) is 22.5. The number of carbonyl (C=O) groups excluding carboxylic acids is 4. The summed E-state index contributed by atoms with van der Waals surface area (Å²) in [6.45, 7) is 4.13. The van der Waals surface area contributed by atoms with Gasteiger partial charge in [-0.05, 0) is 37.0 Å². The van der Waals surface area contributed by atoms with Crippen LogP contribution in [0.4, 0.5) is 0 Å². The molecule has 5 atom stereocenters. The lowest BCUT2D eigenvalue weighted by Crippen LogP contribution is -2.68. The lowest BCUT2D eigenvalue weighted by atomic mass is 9.88. The zero-order valence-corrected chi connectivity index (χ0v) is 22.5. The van der Waals surface area contributed by atoms with Crippen molar-refractivity contribution in [3.05, 3.63) is 23.8 Å². The fourth-order valence-corrected chi connectivity index (χ4v) is 4.30. The Balaban J connectivity index is 2.29. The SMILES string of the molecule is COc1ccc(CCCC[C@@]2(O)O[C@H](COC(C)=O)[C@@H](OC(C)=O)[C@H](OC(C)=O)[C@H]2OC(C)=O)cc1OC. The van der Waals surface area contributed by atoms with Crippen molar-refractivity contribution in [2.45, 2.75) is 83.6 Å². The van der Waals surface area contributed by atoms with E-state index >= 15 is 0 Å². The van der Waals surface area contributed by atoms with Gasteiger partial charge in [0.05, 0.1) is 14.2 Å². The van der Waals surface area contributed by atoms with Crippen molar-refractivity contribution in [2.24, 2.45) is 0 Å². The molecule has 1 aromatic rings. The Morgan fingerprint density at radius 3 is 2.00 bits per heavy atom. The number of esters is 4. The van der Waals surface area contributed by atoms with Crippen LogP contribution in [0.25, 0.3) is 0 Å². The molecular formula is C26H36O12. The fourth-order valence-electron chi connectivity index (χ4n) is 4.30. The normalized spacial score (nSPS) is 24.6. The highest BCUT2D eigenvalue weighted by Gasteiger charge is 2.59. The van der Waals surface area contributed by atoms with Crippen LogP contribution in [0.1, 0.15) is 52.5 Å². The Labute approximate surface area is 221 Å². The number of aliphatic hydroxyl groups is 1. The van der Waals surface area contributed by atoms with E-state index < -0.39 is 60.7 Å². The van der Waals surface area contributed by atoms with Crippen LogP contribution in [0.2, 0.25) is 0 Å². The number of hydrogen-bond acceptors (Lipinski definition) is 12. The van der Waals surface area contributed by atoms with Crippen molar-refractivity contribution in [3.63, 3.8) is 0 Å². The van der Waals surface area contributed by atoms with Crippen LogP contribution in [-0.2, 0) is 49.3 Å². The van der Waals surface area contributed by atoms with Crippen molar-refractivity contribution in [1.29, 1.82) is 0 Å². The Morgan fingerprint density at radius 1 is 0.842 bits per heavy atom. The van der Waals surface area contributed by atoms with Gasteiger partial charge in [0.2, 0.25) is 5.79 Å². The first-order valence-electron chi connectivity index (χ1n) is 12.2. The van der Waals surface area contributed by atoms with Gasteiger partial charge in [-0.25, -0.2) is 0 Å². The lowest BCUT2D eigenvalue weighted by molar-refractivity contribution is -0.354. The third-order valence-electron chi connectivity index (χ3n) is 5.83. The molecule has 0 spiro atoms. The highest BCUT2D eigenvalue weighted by atomic mass is 16.7. The first-order chi connectivity index (χ1) is 17.9. The first-order valence-corrected chi connectivity index (χ1v) is 12.2. The molecule has 12 heteroatoms. The largest absolute Gasteiger partial charge is 0.493 e. The van der Waals surface area contributed by atoms with E-state index in [1.165, 1.54) is 6.92 Å². The minimum atomic E-state index is -2.15. The summed E-state index contributed by atoms with van der Waals surface area (Å²) in [4.78, 5) is 47.2. The number of methoxy groups -OCH3 is 2. The van der Waals surface area contributed by atoms with Crippen molar-refractivity contribution in [3.8, 4) is 11.5 Å². The molecule has 1 heterocycles. The van der Waals surface area contributed by atoms with Crippen molar-refractivity contribution in [1.82, 2.24) is 0 Å². The molecule has 0 saturated carbocycles. The number of unbranched alkanes of at least 4 members (excludes halogenated alkanes) is 1. The van der Waals surface area contributed by atoms with Crippen molar-refractivity contribution < 1.29 is 57.4 Å². The zero-order chi connectivity index (χ0) is 28.5. The van der Waals surface area contributed by atoms with E-state index in [-0.39, 0.29) is 6.42 Å². The highest BCUT2D eigenvalue weighted by Crippen LogP contribution is 2.38. The molecule has 0 aliphatic carbocycles. The third-order valence-corrected chi connectivity index (χ3v) is 5.83. The number of rotatable bonds is 12. The summed E-state index contributed by atoms with van der Waals surface area (Å²) < 4.78 is 37.6. The molecule has 1 saturated heterocycles. The number of hydrogen-bond donors (Lipinski definition) is 1. The van der Waals surface area contributed by atoms with Crippen LogP contribution in [0, 0.1) is 0 Å². The van der Waals surface area contributed by atoms with E-state index in [9.17, 15) is 24.3 Å². The summed E-state index contributed by atoms with van der Waals surface area (Å²) in [6, 6.07) is 5.54. The quantitative estimate of drug-likeness (QED) is 0.234. The summed E-state index contributed by atoms with van der Waals surface area (Å²) in [7, 11) is 3.09. The van der Waals surface area contributed by atoms with Gasteiger partial charge >= 0.3 is 23.9 Å². The Bertz CT molecular complexity index is 992. The predicted octanol–water partition coefficient (Wildman–Crippen LogP) is 1.86. The number of carbonyl (C=O) groups is 4. The molecule has 212 valence electrons. The van der Waals surface area contributed by atoms with E-state index in [4.69, 9.17) is 33.2 Å². The molecular weight excluding hydrogens is 504 g/mol. The van der Waals surface area contributed by atoms with Gasteiger partial charge in [0.25, 0.3) is 0 Å². The molecule has 1 aromatic carbocycles. The van der Waals surface area contributed by atoms with E-state index in [0.29, 0.717) is 30.8 Å². The molecule has 0 aromatic heterocycles. The minimum Gasteiger partial charge on any atom is -0.493 e. The number of benzene rings is 1. The first kappa shape index (κ1) is 30.8. The molecule has 38 heavy (non-hydrogen) atoms. The summed E-state index contributed by atoms with van der Waals surface area (Å²) in [5.74, 6) is -3.89. The lowest BCUT2D eigenvalue weighted by Gasteiger charge is -2.48. The van der Waals surface area contributed by atoms with Gasteiger partial charge in [-0.2, -0.15) is 0 Å². The second-order valence-electron chi connectivity index (χ2n) is 8.88. The van der Waals surface area contributed by atoms with Gasteiger partial charge in [0.15, 0.2) is 29.8 Å². The van der Waals surface area contributed by atoms with E-state index in [0.717, 1.165) is 26.3 Å². The minimum absolute atomic E-state index is 0.0423. The molecule has 0 unspecified atom stereocenters. The molecule has 2 rings (SSSR count). The Hall–Kier alpha value is -3.38. The molecule has 1 fully saturated rings. The molecule has 0 amide bonds. The van der Waals surface area contributed by atoms with Gasteiger partial charge in [0, 0.05) is 34.1 Å². The van der Waals surface area contributed by atoms with Gasteiger partial charge in [0.1, 0.15) is 12.7 Å². The topological polar surface area (TPSA) is 153 Å². The number of aryl methyl sites for hydroxylation is 1. The van der Waals surface area contributed by atoms with Crippen molar-refractivity contribution in [2.75, 3.05) is 20.8 Å². The van der Waals surface area contributed by atoms with E-state index in [1.54, 1.807) is 20.3 Å². The Morgan fingerprint density at radius 2 is 1.45 bits per heavy atom. The molecule has 1 aliphatic rings. The molecule has 1 N–H and O–H groups in total. The average molecular weight is 541 g/mol. The molecule has 0 radical (unpaired) electrons. The van der Waals surface area contributed by atoms with Crippen LogP contribution in [0.3, 0.4) is 0 Å². The van der Waals surface area contributed by atoms with Crippen molar-refractivity contribution >= 4 is 23.9 Å². The number of ether oxygens (including phenoxy) is 7. The third kappa shape index (κ3) is 8.59. The van der Waals surface area contributed by atoms with Gasteiger partial charge < -0.3 is 38.3 Å². The summed E-state index contributed by atoms with van der Waals surface area (Å²) in [5, 5.41) is 11.6. The Kier molecular flexibility index (Phi) is 11.3. The predicted molar refractivity (Wildman–Crippen MR) is 130 cm³/mol. The summed E-state index contributed by atoms with van der Waals surface area (Å²) >= 11 is 0. The van der Waals surface area contributed by atoms with Gasteiger partial charge in [-0.3, -0.25) is 19.2 Å². The van der Waals surface area contributed by atoms with Crippen LogP contribution in [0.5, 0.6) is 11.5 Å². The maximum atomic E-state index is 12.0. The summed E-state index contributed by atoms with van der Waals surface area (Å²) in [5.41, 5.74) is 0.969. The maximum absolute atomic E-state index is 12.0. The van der Waals surface area contributed by atoms with E-state index in [1.807, 2.05) is 12.1 Å². The second kappa shape index (κ2) is 14.0. The molecule has 0 bridgehead atoms. The maximum Gasteiger partial charge on any atom is 0.303 e. The van der Waals surface area contributed by atoms with Crippen LogP contribution >= 0.6 is 0 Å². The van der Waals surface area contributed by atoms with Crippen LogP contribution in [-0.4, -0.2) is 80.0 Å². The van der Waals surface area contributed by atoms with Crippen LogP contribution < -0.4 is 9.47 Å². The second-order valence-corrected chi connectivity index (χ2v) is 8.88. The van der Waals surface area contributed by atoms with Gasteiger partial charge in [-0.15, -0.1) is 0 Å². The van der Waals surface area contributed by atoms with Crippen LogP contribution in [0.15, 0.2) is 18.2 Å². The molecule has 12 nitrogen and oxygen atoms in total. The molecule has 1 aliphatic heterocycles.